The minimum Gasteiger partial charge on any atom is -0.507 e. The first kappa shape index (κ1) is 21.4. The zero-order chi connectivity index (χ0) is 20.4. The Balaban J connectivity index is 2.27. The molecule has 0 heterocycles. The highest BCUT2D eigenvalue weighted by Gasteiger charge is 2.26. The fourth-order valence-electron chi connectivity index (χ4n) is 2.82. The minimum absolute atomic E-state index is 0.133. The number of esters is 1. The maximum Gasteiger partial charge on any atom is 0.308 e. The zero-order valence-corrected chi connectivity index (χ0v) is 18.2. The average Bonchev–Trinajstić information content (AvgIpc) is 2.52. The normalized spacial score (nSPS) is 12.1. The van der Waals surface area contributed by atoms with Crippen LogP contribution in [0.15, 0.2) is 41.3 Å². The van der Waals surface area contributed by atoms with Gasteiger partial charge in [-0.05, 0) is 40.7 Å². The molecule has 0 aliphatic carbocycles. The van der Waals surface area contributed by atoms with Gasteiger partial charge in [0.1, 0.15) is 11.5 Å². The van der Waals surface area contributed by atoms with Gasteiger partial charge in [-0.1, -0.05) is 53.7 Å². The molecule has 0 aromatic heterocycles. The molecule has 0 atom stereocenters. The van der Waals surface area contributed by atoms with E-state index in [2.05, 4.69) is 53.7 Å². The Morgan fingerprint density at radius 1 is 0.963 bits per heavy atom. The number of phenols is 1. The largest absolute Gasteiger partial charge is 0.507 e. The third-order valence-corrected chi connectivity index (χ3v) is 5.34. The minimum atomic E-state index is -0.314. The highest BCUT2D eigenvalue weighted by Crippen LogP contribution is 2.42. The summed E-state index contributed by atoms with van der Waals surface area (Å²) in [5, 5.41) is 10.8. The summed E-state index contributed by atoms with van der Waals surface area (Å²) in [6.45, 7) is 14.1. The Hall–Kier alpha value is -1.94. The number of benzene rings is 2. The molecule has 3 nitrogen and oxygen atoms in total. The molecule has 0 aliphatic rings. The van der Waals surface area contributed by atoms with Crippen LogP contribution in [-0.2, 0) is 21.4 Å². The van der Waals surface area contributed by atoms with Gasteiger partial charge in [-0.15, -0.1) is 11.8 Å². The Morgan fingerprint density at radius 2 is 1.44 bits per heavy atom. The zero-order valence-electron chi connectivity index (χ0n) is 17.3. The van der Waals surface area contributed by atoms with E-state index < -0.39 is 0 Å². The number of aromatic hydroxyl groups is 1. The van der Waals surface area contributed by atoms with Crippen LogP contribution in [0.3, 0.4) is 0 Å². The molecule has 0 fully saturated rings. The first-order chi connectivity index (χ1) is 12.4. The maximum absolute atomic E-state index is 11.0. The Morgan fingerprint density at radius 3 is 1.85 bits per heavy atom. The van der Waals surface area contributed by atoms with Crippen LogP contribution in [0.25, 0.3) is 0 Å². The van der Waals surface area contributed by atoms with Crippen molar-refractivity contribution < 1.29 is 14.6 Å². The van der Waals surface area contributed by atoms with E-state index in [0.717, 1.165) is 27.3 Å². The molecule has 0 radical (unpaired) electrons. The van der Waals surface area contributed by atoms with Crippen LogP contribution in [-0.4, -0.2) is 11.1 Å². The lowest BCUT2D eigenvalue weighted by Gasteiger charge is -2.28. The van der Waals surface area contributed by atoms with Crippen LogP contribution in [0.4, 0.5) is 0 Å². The van der Waals surface area contributed by atoms with Crippen molar-refractivity contribution in [1.29, 1.82) is 0 Å². The molecule has 0 amide bonds. The molecule has 0 aliphatic heterocycles. The molecule has 1 N–H and O–H groups in total. The van der Waals surface area contributed by atoms with Crippen molar-refractivity contribution in [2.45, 2.75) is 69.9 Å². The molecule has 0 saturated heterocycles. The fraction of sp³-hybridized carbons (Fsp3) is 0.435. The van der Waals surface area contributed by atoms with Crippen LogP contribution in [0, 0.1) is 0 Å². The van der Waals surface area contributed by atoms with Gasteiger partial charge in [-0.2, -0.15) is 0 Å². The third kappa shape index (κ3) is 5.77. The summed E-state index contributed by atoms with van der Waals surface area (Å²) in [7, 11) is 0. The van der Waals surface area contributed by atoms with Crippen molar-refractivity contribution >= 4 is 17.7 Å². The molecule has 0 unspecified atom stereocenters. The van der Waals surface area contributed by atoms with Gasteiger partial charge in [0.25, 0.3) is 0 Å². The van der Waals surface area contributed by atoms with E-state index in [4.69, 9.17) is 4.74 Å². The lowest BCUT2D eigenvalue weighted by molar-refractivity contribution is -0.131. The number of rotatable bonds is 4. The summed E-state index contributed by atoms with van der Waals surface area (Å²) < 4.78 is 5.08. The Bertz CT molecular complexity index is 774. The summed E-state index contributed by atoms with van der Waals surface area (Å²) in [6.07, 6.45) is 0. The van der Waals surface area contributed by atoms with Crippen molar-refractivity contribution in [2.75, 3.05) is 0 Å². The molecular formula is C23H30O3S. The summed E-state index contributed by atoms with van der Waals surface area (Å²) >= 11 is 1.74. The van der Waals surface area contributed by atoms with Gasteiger partial charge in [-0.3, -0.25) is 4.79 Å². The van der Waals surface area contributed by atoms with E-state index in [1.54, 1.807) is 11.8 Å². The van der Waals surface area contributed by atoms with E-state index in [-0.39, 0.29) is 16.8 Å². The molecular weight excluding hydrogens is 356 g/mol. The standard InChI is InChI=1S/C23H30O3S/c1-15(24)26-17-10-8-16(9-11-17)14-27-18-12-19(22(2,3)4)21(25)20(13-18)23(5,6)7/h8-13,25H,14H2,1-7H3. The molecule has 2 aromatic carbocycles. The van der Waals surface area contributed by atoms with Crippen LogP contribution in [0.5, 0.6) is 11.5 Å². The number of carbonyl (C=O) groups excluding carboxylic acids is 1. The molecule has 0 spiro atoms. The summed E-state index contributed by atoms with van der Waals surface area (Å²) in [5.74, 6) is 1.46. The Kier molecular flexibility index (Phi) is 6.31. The molecule has 2 aromatic rings. The number of thioether (sulfide) groups is 1. The van der Waals surface area contributed by atoms with Crippen LogP contribution in [0.1, 0.15) is 65.2 Å². The quantitative estimate of drug-likeness (QED) is 0.386. The first-order valence-corrected chi connectivity index (χ1v) is 10.1. The molecule has 2 rings (SSSR count). The number of hydrogen-bond donors (Lipinski definition) is 1. The predicted molar refractivity (Wildman–Crippen MR) is 113 cm³/mol. The monoisotopic (exact) mass is 386 g/mol. The smallest absolute Gasteiger partial charge is 0.308 e. The second-order valence-electron chi connectivity index (χ2n) is 8.89. The topological polar surface area (TPSA) is 46.5 Å². The second-order valence-corrected chi connectivity index (χ2v) is 9.94. The predicted octanol–water partition coefficient (Wildman–Crippen LogP) is 6.20. The fourth-order valence-corrected chi connectivity index (χ4v) is 3.75. The number of hydrogen-bond acceptors (Lipinski definition) is 4. The van der Waals surface area contributed by atoms with Crippen molar-refractivity contribution in [3.05, 3.63) is 53.1 Å². The lowest BCUT2D eigenvalue weighted by Crippen LogP contribution is -2.17. The lowest BCUT2D eigenvalue weighted by atomic mass is 9.79. The van der Waals surface area contributed by atoms with Crippen molar-refractivity contribution in [3.63, 3.8) is 0 Å². The van der Waals surface area contributed by atoms with E-state index >= 15 is 0 Å². The Labute approximate surface area is 167 Å². The molecule has 0 saturated carbocycles. The van der Waals surface area contributed by atoms with Gasteiger partial charge in [0.05, 0.1) is 0 Å². The van der Waals surface area contributed by atoms with Gasteiger partial charge in [0.2, 0.25) is 0 Å². The van der Waals surface area contributed by atoms with E-state index in [0.29, 0.717) is 11.5 Å². The maximum atomic E-state index is 11.0. The van der Waals surface area contributed by atoms with Crippen molar-refractivity contribution in [2.24, 2.45) is 0 Å². The number of ether oxygens (including phenoxy) is 1. The molecule has 27 heavy (non-hydrogen) atoms. The van der Waals surface area contributed by atoms with Gasteiger partial charge < -0.3 is 9.84 Å². The van der Waals surface area contributed by atoms with Gasteiger partial charge in [-0.25, -0.2) is 0 Å². The van der Waals surface area contributed by atoms with Crippen LogP contribution < -0.4 is 4.74 Å². The molecule has 4 heteroatoms. The van der Waals surface area contributed by atoms with E-state index in [1.165, 1.54) is 6.92 Å². The summed E-state index contributed by atoms with van der Waals surface area (Å²) in [4.78, 5) is 12.2. The van der Waals surface area contributed by atoms with E-state index in [1.807, 2.05) is 24.3 Å². The van der Waals surface area contributed by atoms with Gasteiger partial charge in [0, 0.05) is 28.7 Å². The van der Waals surface area contributed by atoms with Crippen molar-refractivity contribution in [1.82, 2.24) is 0 Å². The van der Waals surface area contributed by atoms with Gasteiger partial charge >= 0.3 is 5.97 Å². The summed E-state index contributed by atoms with van der Waals surface area (Å²) in [5.41, 5.74) is 2.84. The third-order valence-electron chi connectivity index (χ3n) is 4.29. The second kappa shape index (κ2) is 7.97. The number of phenolic OH excluding ortho intramolecular Hbond substituents is 1. The molecule has 0 bridgehead atoms. The number of carbonyl (C=O) groups is 1. The van der Waals surface area contributed by atoms with Crippen LogP contribution in [0.2, 0.25) is 0 Å². The first-order valence-electron chi connectivity index (χ1n) is 9.16. The van der Waals surface area contributed by atoms with Crippen molar-refractivity contribution in [3.8, 4) is 11.5 Å². The van der Waals surface area contributed by atoms with E-state index in [9.17, 15) is 9.90 Å². The summed E-state index contributed by atoms with van der Waals surface area (Å²) in [6, 6.07) is 11.8. The molecule has 146 valence electrons. The van der Waals surface area contributed by atoms with Gasteiger partial charge in [0.15, 0.2) is 0 Å². The average molecular weight is 387 g/mol. The SMILES string of the molecule is CC(=O)Oc1ccc(CSc2cc(C(C)(C)C)c(O)c(C(C)(C)C)c2)cc1. The van der Waals surface area contributed by atoms with Crippen LogP contribution >= 0.6 is 11.8 Å². The highest BCUT2D eigenvalue weighted by molar-refractivity contribution is 7.98. The highest BCUT2D eigenvalue weighted by atomic mass is 32.2.